The van der Waals surface area contributed by atoms with E-state index in [1.807, 2.05) is 0 Å². The van der Waals surface area contributed by atoms with Crippen LogP contribution in [0.1, 0.15) is 37.0 Å². The van der Waals surface area contributed by atoms with Crippen LogP contribution in [0.25, 0.3) is 0 Å². The van der Waals surface area contributed by atoms with E-state index in [0.717, 1.165) is 0 Å². The van der Waals surface area contributed by atoms with Crippen molar-refractivity contribution >= 4 is 17.8 Å². The number of carbonyl (C=O) groups is 3. The van der Waals surface area contributed by atoms with Crippen molar-refractivity contribution < 1.29 is 24.2 Å². The molecule has 0 aromatic heterocycles. The quantitative estimate of drug-likeness (QED) is 0.630. The van der Waals surface area contributed by atoms with Crippen LogP contribution in [0.15, 0.2) is 24.3 Å². The second kappa shape index (κ2) is 8.17. The van der Waals surface area contributed by atoms with E-state index in [4.69, 9.17) is 10.5 Å². The third kappa shape index (κ3) is 4.70. The first-order valence-electron chi connectivity index (χ1n) is 7.38. The predicted molar refractivity (Wildman–Crippen MR) is 84.1 cm³/mol. The van der Waals surface area contributed by atoms with Crippen LogP contribution in [0.4, 0.5) is 0 Å². The number of hydrogen-bond donors (Lipinski definition) is 3. The zero-order valence-corrected chi connectivity index (χ0v) is 13.3. The standard InChI is InChI=1S/C16H22N2O5/c1-3-16(4-2,15(21)22)10-18-14(20)11-7-5-6-8-12(11)23-9-13(17)19/h5-8H,3-4,9-10H2,1-2H3,(H2,17,19)(H,18,20)(H,21,22). The van der Waals surface area contributed by atoms with Crippen molar-refractivity contribution in [2.24, 2.45) is 11.1 Å². The summed E-state index contributed by atoms with van der Waals surface area (Å²) in [6.07, 6.45) is 0.803. The largest absolute Gasteiger partial charge is 0.483 e. The van der Waals surface area contributed by atoms with Gasteiger partial charge in [-0.15, -0.1) is 0 Å². The van der Waals surface area contributed by atoms with Gasteiger partial charge in [0.15, 0.2) is 6.61 Å². The minimum absolute atomic E-state index is 0.0122. The molecule has 0 saturated heterocycles. The summed E-state index contributed by atoms with van der Waals surface area (Å²) in [5, 5.41) is 12.0. The number of carboxylic acid groups (broad SMARTS) is 1. The third-order valence-corrected chi connectivity index (χ3v) is 3.90. The molecule has 0 bridgehead atoms. The fourth-order valence-corrected chi connectivity index (χ4v) is 2.15. The van der Waals surface area contributed by atoms with Gasteiger partial charge in [-0.1, -0.05) is 26.0 Å². The first-order valence-corrected chi connectivity index (χ1v) is 7.38. The Morgan fingerprint density at radius 3 is 2.35 bits per heavy atom. The number of amides is 2. The van der Waals surface area contributed by atoms with Gasteiger partial charge in [0.25, 0.3) is 11.8 Å². The number of hydrogen-bond acceptors (Lipinski definition) is 4. The van der Waals surface area contributed by atoms with Crippen LogP contribution in [0, 0.1) is 5.41 Å². The topological polar surface area (TPSA) is 119 Å². The number of nitrogens with two attached hydrogens (primary N) is 1. The number of primary amides is 1. The van der Waals surface area contributed by atoms with Crippen LogP contribution >= 0.6 is 0 Å². The van der Waals surface area contributed by atoms with Gasteiger partial charge in [0, 0.05) is 6.54 Å². The van der Waals surface area contributed by atoms with Gasteiger partial charge in [-0.25, -0.2) is 0 Å². The molecule has 7 heteroatoms. The van der Waals surface area contributed by atoms with E-state index < -0.39 is 23.2 Å². The lowest BCUT2D eigenvalue weighted by Crippen LogP contribution is -2.42. The Morgan fingerprint density at radius 2 is 1.83 bits per heavy atom. The van der Waals surface area contributed by atoms with Gasteiger partial charge < -0.3 is 20.9 Å². The second-order valence-corrected chi connectivity index (χ2v) is 5.23. The van der Waals surface area contributed by atoms with Crippen LogP contribution in [-0.2, 0) is 9.59 Å². The van der Waals surface area contributed by atoms with Gasteiger partial charge >= 0.3 is 5.97 Å². The van der Waals surface area contributed by atoms with Crippen LogP contribution in [0.5, 0.6) is 5.75 Å². The molecule has 0 heterocycles. The maximum absolute atomic E-state index is 12.3. The van der Waals surface area contributed by atoms with E-state index in [-0.39, 0.29) is 24.5 Å². The van der Waals surface area contributed by atoms with Crippen LogP contribution in [0.2, 0.25) is 0 Å². The van der Waals surface area contributed by atoms with Crippen LogP contribution < -0.4 is 15.8 Å². The van der Waals surface area contributed by atoms with Gasteiger partial charge in [-0.2, -0.15) is 0 Å². The first-order chi connectivity index (χ1) is 10.9. The fraction of sp³-hybridized carbons (Fsp3) is 0.438. The number of aliphatic carboxylic acids is 1. The molecule has 0 unspecified atom stereocenters. The Kier molecular flexibility index (Phi) is 6.56. The van der Waals surface area contributed by atoms with E-state index in [1.54, 1.807) is 32.0 Å². The highest BCUT2D eigenvalue weighted by Crippen LogP contribution is 2.26. The molecule has 0 aliphatic rings. The van der Waals surface area contributed by atoms with Gasteiger partial charge in [-0.3, -0.25) is 14.4 Å². The average Bonchev–Trinajstić information content (AvgIpc) is 2.54. The highest BCUT2D eigenvalue weighted by atomic mass is 16.5. The molecular weight excluding hydrogens is 300 g/mol. The summed E-state index contributed by atoms with van der Waals surface area (Å²) in [7, 11) is 0. The Balaban J connectivity index is 2.86. The number of carboxylic acids is 1. The molecule has 1 rings (SSSR count). The molecule has 0 saturated carbocycles. The van der Waals surface area contributed by atoms with Crippen molar-refractivity contribution in [3.05, 3.63) is 29.8 Å². The third-order valence-electron chi connectivity index (χ3n) is 3.90. The average molecular weight is 322 g/mol. The minimum Gasteiger partial charge on any atom is -0.483 e. The van der Waals surface area contributed by atoms with E-state index in [1.165, 1.54) is 6.07 Å². The van der Waals surface area contributed by atoms with Crippen LogP contribution in [-0.4, -0.2) is 36.0 Å². The Labute approximate surface area is 134 Å². The number of rotatable bonds is 9. The molecule has 0 fully saturated rings. The lowest BCUT2D eigenvalue weighted by Gasteiger charge is -2.27. The van der Waals surface area contributed by atoms with Crippen LogP contribution in [0.3, 0.4) is 0 Å². The summed E-state index contributed by atoms with van der Waals surface area (Å²) in [5.41, 5.74) is 4.24. The normalized spacial score (nSPS) is 10.9. The maximum Gasteiger partial charge on any atom is 0.311 e. The smallest absolute Gasteiger partial charge is 0.311 e. The molecular formula is C16H22N2O5. The molecule has 0 atom stereocenters. The molecule has 1 aromatic rings. The van der Waals surface area contributed by atoms with Crippen molar-refractivity contribution in [1.29, 1.82) is 0 Å². The van der Waals surface area contributed by atoms with Gasteiger partial charge in [0.2, 0.25) is 0 Å². The Bertz CT molecular complexity index is 582. The summed E-state index contributed by atoms with van der Waals surface area (Å²) in [6.45, 7) is 3.22. The SMILES string of the molecule is CCC(CC)(CNC(=O)c1ccccc1OCC(N)=O)C(=O)O. The second-order valence-electron chi connectivity index (χ2n) is 5.23. The number of benzene rings is 1. The molecule has 0 aliphatic heterocycles. The Morgan fingerprint density at radius 1 is 1.22 bits per heavy atom. The molecule has 0 radical (unpaired) electrons. The minimum atomic E-state index is -1.00. The number of para-hydroxylation sites is 1. The summed E-state index contributed by atoms with van der Waals surface area (Å²) in [5.74, 6) is -1.83. The molecule has 0 aliphatic carbocycles. The molecule has 0 spiro atoms. The number of carbonyl (C=O) groups excluding carboxylic acids is 2. The van der Waals surface area contributed by atoms with Crippen molar-refractivity contribution in [2.45, 2.75) is 26.7 Å². The molecule has 1 aromatic carbocycles. The molecule has 7 nitrogen and oxygen atoms in total. The number of nitrogens with one attached hydrogen (secondary N) is 1. The molecule has 4 N–H and O–H groups in total. The molecule has 126 valence electrons. The van der Waals surface area contributed by atoms with E-state index >= 15 is 0 Å². The van der Waals surface area contributed by atoms with Gasteiger partial charge in [0.1, 0.15) is 5.75 Å². The fourth-order valence-electron chi connectivity index (χ4n) is 2.15. The van der Waals surface area contributed by atoms with Crippen molar-refractivity contribution in [2.75, 3.05) is 13.2 Å². The number of ether oxygens (including phenoxy) is 1. The monoisotopic (exact) mass is 322 g/mol. The van der Waals surface area contributed by atoms with Crippen molar-refractivity contribution in [1.82, 2.24) is 5.32 Å². The highest BCUT2D eigenvalue weighted by Gasteiger charge is 2.35. The first kappa shape index (κ1) is 18.5. The zero-order valence-electron chi connectivity index (χ0n) is 13.3. The molecule has 23 heavy (non-hydrogen) atoms. The van der Waals surface area contributed by atoms with Gasteiger partial charge in [0.05, 0.1) is 11.0 Å². The van der Waals surface area contributed by atoms with E-state index in [0.29, 0.717) is 12.8 Å². The maximum atomic E-state index is 12.3. The van der Waals surface area contributed by atoms with E-state index in [2.05, 4.69) is 5.32 Å². The predicted octanol–water partition coefficient (Wildman–Crippen LogP) is 1.17. The van der Waals surface area contributed by atoms with Crippen molar-refractivity contribution in [3.63, 3.8) is 0 Å². The summed E-state index contributed by atoms with van der Waals surface area (Å²) < 4.78 is 5.20. The van der Waals surface area contributed by atoms with Crippen molar-refractivity contribution in [3.8, 4) is 5.75 Å². The molecule has 2 amide bonds. The lowest BCUT2D eigenvalue weighted by molar-refractivity contribution is -0.149. The summed E-state index contributed by atoms with van der Waals surface area (Å²) in [4.78, 5) is 34.6. The highest BCUT2D eigenvalue weighted by molar-refractivity contribution is 5.97. The summed E-state index contributed by atoms with van der Waals surface area (Å²) >= 11 is 0. The Hall–Kier alpha value is -2.57. The summed E-state index contributed by atoms with van der Waals surface area (Å²) in [6, 6.07) is 6.39. The van der Waals surface area contributed by atoms with Gasteiger partial charge in [-0.05, 0) is 25.0 Å². The van der Waals surface area contributed by atoms with E-state index in [9.17, 15) is 19.5 Å². The zero-order chi connectivity index (χ0) is 17.5. The lowest BCUT2D eigenvalue weighted by atomic mass is 9.82.